The normalized spacial score (nSPS) is 8.50. The van der Waals surface area contributed by atoms with Gasteiger partial charge in [0.1, 0.15) is 0 Å². The summed E-state index contributed by atoms with van der Waals surface area (Å²) in [6.07, 6.45) is 1.10. The van der Waals surface area contributed by atoms with Gasteiger partial charge in [0.15, 0.2) is 5.78 Å². The summed E-state index contributed by atoms with van der Waals surface area (Å²) in [6.45, 7) is 3.15. The topological polar surface area (TPSA) is 72.2 Å². The zero-order valence-electron chi connectivity index (χ0n) is 5.59. The van der Waals surface area contributed by atoms with E-state index in [4.69, 9.17) is 5.73 Å². The molecule has 0 aromatic rings. The number of hydrogen-bond acceptors (Lipinski definition) is 3. The van der Waals surface area contributed by atoms with Crippen molar-refractivity contribution in [3.63, 3.8) is 0 Å². The Morgan fingerprint density at radius 2 is 2.20 bits per heavy atom. The Labute approximate surface area is 59.1 Å². The summed E-state index contributed by atoms with van der Waals surface area (Å²) in [5.41, 5.74) is 4.97. The number of rotatable bonds is 4. The first-order valence-electron chi connectivity index (χ1n) is 2.82. The zero-order valence-corrected chi connectivity index (χ0v) is 5.59. The lowest BCUT2D eigenvalue weighted by Gasteiger charge is -1.97. The van der Waals surface area contributed by atoms with E-state index in [9.17, 15) is 9.59 Å². The molecule has 0 saturated carbocycles. The molecule has 4 nitrogen and oxygen atoms in total. The van der Waals surface area contributed by atoms with Gasteiger partial charge in [-0.1, -0.05) is 6.58 Å². The van der Waals surface area contributed by atoms with Crippen LogP contribution in [0.2, 0.25) is 0 Å². The highest BCUT2D eigenvalue weighted by Gasteiger charge is 1.98. The van der Waals surface area contributed by atoms with Gasteiger partial charge in [-0.3, -0.25) is 9.59 Å². The minimum Gasteiger partial charge on any atom is -0.345 e. The van der Waals surface area contributed by atoms with Crippen LogP contribution >= 0.6 is 0 Å². The van der Waals surface area contributed by atoms with Gasteiger partial charge in [0.2, 0.25) is 5.91 Å². The van der Waals surface area contributed by atoms with E-state index < -0.39 is 0 Å². The molecule has 0 aromatic heterocycles. The molecule has 0 aliphatic rings. The highest BCUT2D eigenvalue weighted by Crippen LogP contribution is 1.67. The summed E-state index contributed by atoms with van der Waals surface area (Å²) < 4.78 is 0. The van der Waals surface area contributed by atoms with Crippen molar-refractivity contribution >= 4 is 11.7 Å². The van der Waals surface area contributed by atoms with E-state index in [1.165, 1.54) is 0 Å². The molecule has 0 unspecified atom stereocenters. The maximum Gasteiger partial charge on any atom is 0.243 e. The molecule has 10 heavy (non-hydrogen) atoms. The van der Waals surface area contributed by atoms with E-state index in [0.29, 0.717) is 0 Å². The molecule has 0 aliphatic carbocycles. The van der Waals surface area contributed by atoms with Gasteiger partial charge in [-0.15, -0.1) is 0 Å². The fourth-order valence-corrected chi connectivity index (χ4v) is 0.330. The van der Waals surface area contributed by atoms with Crippen LogP contribution in [0.3, 0.4) is 0 Å². The average Bonchev–Trinajstić information content (AvgIpc) is 1.99. The molecular weight excluding hydrogens is 132 g/mol. The van der Waals surface area contributed by atoms with Gasteiger partial charge in [0.05, 0.1) is 13.1 Å². The van der Waals surface area contributed by atoms with Crippen molar-refractivity contribution in [3.05, 3.63) is 12.7 Å². The Bertz CT molecular complexity index is 154. The van der Waals surface area contributed by atoms with Crippen molar-refractivity contribution in [2.75, 3.05) is 13.1 Å². The summed E-state index contributed by atoms with van der Waals surface area (Å²) in [5, 5.41) is 2.30. The van der Waals surface area contributed by atoms with Crippen LogP contribution in [-0.2, 0) is 9.59 Å². The first-order valence-corrected chi connectivity index (χ1v) is 2.82. The fraction of sp³-hybridized carbons (Fsp3) is 0.333. The monoisotopic (exact) mass is 142 g/mol. The van der Waals surface area contributed by atoms with Gasteiger partial charge < -0.3 is 11.1 Å². The molecular formula is C6H10N2O2. The Kier molecular flexibility index (Phi) is 4.15. The average molecular weight is 142 g/mol. The first kappa shape index (κ1) is 8.84. The smallest absolute Gasteiger partial charge is 0.243 e. The van der Waals surface area contributed by atoms with E-state index in [1.54, 1.807) is 0 Å². The molecule has 3 N–H and O–H groups in total. The minimum atomic E-state index is -0.359. The molecule has 0 saturated heterocycles. The lowest BCUT2D eigenvalue weighted by atomic mass is 10.4. The molecule has 56 valence electrons. The van der Waals surface area contributed by atoms with Crippen molar-refractivity contribution in [2.24, 2.45) is 5.73 Å². The molecule has 0 rings (SSSR count). The van der Waals surface area contributed by atoms with Crippen molar-refractivity contribution < 1.29 is 9.59 Å². The molecule has 0 fully saturated rings. The molecule has 1 amide bonds. The van der Waals surface area contributed by atoms with Crippen molar-refractivity contribution in [1.82, 2.24) is 5.32 Å². The molecule has 0 radical (unpaired) electrons. The summed E-state index contributed by atoms with van der Waals surface area (Å²) in [7, 11) is 0. The molecule has 0 spiro atoms. The van der Waals surface area contributed by atoms with Crippen LogP contribution in [0.1, 0.15) is 0 Å². The fourth-order valence-electron chi connectivity index (χ4n) is 0.330. The van der Waals surface area contributed by atoms with Crippen molar-refractivity contribution in [1.29, 1.82) is 0 Å². The van der Waals surface area contributed by atoms with Crippen molar-refractivity contribution in [3.8, 4) is 0 Å². The number of nitrogens with two attached hydrogens (primary N) is 1. The minimum absolute atomic E-state index is 0.0125. The van der Waals surface area contributed by atoms with Gasteiger partial charge in [0, 0.05) is 0 Å². The van der Waals surface area contributed by atoms with Crippen LogP contribution in [0.4, 0.5) is 0 Å². The third-order valence-electron chi connectivity index (χ3n) is 0.873. The third-order valence-corrected chi connectivity index (χ3v) is 0.873. The maximum atomic E-state index is 10.5. The number of ketones is 1. The summed E-state index contributed by atoms with van der Waals surface area (Å²) in [4.78, 5) is 20.9. The number of carbonyl (C=O) groups is 2. The molecule has 0 aliphatic heterocycles. The second-order valence-corrected chi connectivity index (χ2v) is 1.66. The third kappa shape index (κ3) is 3.80. The number of amides is 1. The van der Waals surface area contributed by atoms with Crippen LogP contribution < -0.4 is 11.1 Å². The first-order chi connectivity index (χ1) is 4.70. The molecule has 4 heteroatoms. The Balaban J connectivity index is 3.44. The predicted octanol–water partition coefficient (Wildman–Crippen LogP) is -1.18. The highest BCUT2D eigenvalue weighted by atomic mass is 16.2. The largest absolute Gasteiger partial charge is 0.345 e. The van der Waals surface area contributed by atoms with E-state index in [2.05, 4.69) is 11.9 Å². The van der Waals surface area contributed by atoms with E-state index in [-0.39, 0.29) is 24.8 Å². The standard InChI is InChI=1S/C6H10N2O2/c1-2-6(10)8-4-5(9)3-7/h2H,1,3-4,7H2,(H,8,10). The van der Waals surface area contributed by atoms with E-state index in [0.717, 1.165) is 6.08 Å². The summed E-state index contributed by atoms with van der Waals surface area (Å²) in [6, 6.07) is 0. The van der Waals surface area contributed by atoms with Crippen LogP contribution in [0.25, 0.3) is 0 Å². The quantitative estimate of drug-likeness (QED) is 0.485. The van der Waals surface area contributed by atoms with Crippen molar-refractivity contribution in [2.45, 2.75) is 0 Å². The Hall–Kier alpha value is -1.16. The van der Waals surface area contributed by atoms with Gasteiger partial charge >= 0.3 is 0 Å². The second-order valence-electron chi connectivity index (χ2n) is 1.66. The van der Waals surface area contributed by atoms with Crippen LogP contribution in [0.5, 0.6) is 0 Å². The van der Waals surface area contributed by atoms with Crippen LogP contribution in [-0.4, -0.2) is 24.8 Å². The number of carbonyl (C=O) groups excluding carboxylic acids is 2. The number of nitrogens with one attached hydrogen (secondary N) is 1. The molecule has 0 bridgehead atoms. The maximum absolute atomic E-state index is 10.5. The predicted molar refractivity (Wildman–Crippen MR) is 37.3 cm³/mol. The van der Waals surface area contributed by atoms with Crippen LogP contribution in [0, 0.1) is 0 Å². The summed E-state index contributed by atoms with van der Waals surface area (Å²) in [5.74, 6) is -0.558. The second kappa shape index (κ2) is 4.69. The van der Waals surface area contributed by atoms with Gasteiger partial charge in [-0.2, -0.15) is 0 Å². The molecule has 0 aromatic carbocycles. The van der Waals surface area contributed by atoms with E-state index >= 15 is 0 Å². The van der Waals surface area contributed by atoms with Gasteiger partial charge in [-0.05, 0) is 6.08 Å². The SMILES string of the molecule is C=CC(=O)NCC(=O)CN. The molecule has 0 heterocycles. The van der Waals surface area contributed by atoms with Gasteiger partial charge in [0.25, 0.3) is 0 Å². The molecule has 0 atom stereocenters. The Morgan fingerprint density at radius 1 is 1.60 bits per heavy atom. The summed E-state index contributed by atoms with van der Waals surface area (Å²) >= 11 is 0. The lowest BCUT2D eigenvalue weighted by Crippen LogP contribution is -2.31. The van der Waals surface area contributed by atoms with E-state index in [1.807, 2.05) is 0 Å². The van der Waals surface area contributed by atoms with Crippen LogP contribution in [0.15, 0.2) is 12.7 Å². The number of Topliss-reactive ketones (excluding diaryl/α,β-unsaturated/α-hetero) is 1. The zero-order chi connectivity index (χ0) is 7.98. The Morgan fingerprint density at radius 3 is 2.60 bits per heavy atom. The lowest BCUT2D eigenvalue weighted by molar-refractivity contribution is -0.121. The number of hydrogen-bond donors (Lipinski definition) is 2. The van der Waals surface area contributed by atoms with Gasteiger partial charge in [-0.25, -0.2) is 0 Å². The highest BCUT2D eigenvalue weighted by molar-refractivity contribution is 5.91.